The highest BCUT2D eigenvalue weighted by Crippen LogP contribution is 2.39. The molecule has 2 nitrogen and oxygen atoms in total. The predicted molar refractivity (Wildman–Crippen MR) is 133 cm³/mol. The lowest BCUT2D eigenvalue weighted by Gasteiger charge is -2.28. The monoisotopic (exact) mass is 500 g/mol. The highest BCUT2D eigenvalue weighted by molar-refractivity contribution is 5.75. The van der Waals surface area contributed by atoms with Crippen LogP contribution in [0.1, 0.15) is 72.4 Å². The first kappa shape index (κ1) is 26.4. The van der Waals surface area contributed by atoms with Gasteiger partial charge in [-0.3, -0.25) is 0 Å². The highest BCUT2D eigenvalue weighted by Gasteiger charge is 2.30. The van der Waals surface area contributed by atoms with Gasteiger partial charge in [0.15, 0.2) is 0 Å². The van der Waals surface area contributed by atoms with E-state index in [9.17, 15) is 22.7 Å². The molecule has 1 heterocycles. The maximum atomic E-state index is 13.9. The fourth-order valence-electron chi connectivity index (χ4n) is 5.11. The smallest absolute Gasteiger partial charge is 0.392 e. The van der Waals surface area contributed by atoms with E-state index in [0.717, 1.165) is 70.3 Å². The quantitative estimate of drug-likeness (QED) is 0.335. The molecule has 1 aliphatic heterocycles. The Labute approximate surface area is 209 Å². The molecule has 0 spiro atoms. The Hall–Kier alpha value is -2.70. The fraction of sp³-hybridized carbons (Fsp3) is 0.400. The number of rotatable bonds is 7. The van der Waals surface area contributed by atoms with Crippen LogP contribution in [0.25, 0.3) is 11.1 Å². The summed E-state index contributed by atoms with van der Waals surface area (Å²) < 4.78 is 59.3. The Morgan fingerprint density at radius 2 is 1.67 bits per heavy atom. The Morgan fingerprint density at radius 3 is 2.22 bits per heavy atom. The van der Waals surface area contributed by atoms with Crippen molar-refractivity contribution < 1.29 is 27.4 Å². The van der Waals surface area contributed by atoms with E-state index in [1.165, 1.54) is 24.3 Å². The van der Waals surface area contributed by atoms with Crippen LogP contribution in [-0.4, -0.2) is 17.8 Å². The Balaban J connectivity index is 1.89. The molecule has 1 fully saturated rings. The zero-order chi connectivity index (χ0) is 25.9. The SMILES string of the molecule is CC(C)c1cc(CO)c(CC2CCCCO2)c(-c2ccc(F)cc2)c1Cc1ccc(C(F)(F)F)cc1. The van der Waals surface area contributed by atoms with Gasteiger partial charge in [-0.25, -0.2) is 4.39 Å². The van der Waals surface area contributed by atoms with Crippen LogP contribution >= 0.6 is 0 Å². The molecule has 1 unspecified atom stereocenters. The molecule has 6 heteroatoms. The van der Waals surface area contributed by atoms with Gasteiger partial charge in [0.05, 0.1) is 18.3 Å². The van der Waals surface area contributed by atoms with Gasteiger partial charge < -0.3 is 9.84 Å². The first-order valence-electron chi connectivity index (χ1n) is 12.5. The molecule has 0 amide bonds. The molecule has 1 saturated heterocycles. The minimum atomic E-state index is -4.39. The van der Waals surface area contributed by atoms with E-state index in [2.05, 4.69) is 13.8 Å². The van der Waals surface area contributed by atoms with Crippen LogP contribution in [0.4, 0.5) is 17.6 Å². The fourth-order valence-corrected chi connectivity index (χ4v) is 5.11. The van der Waals surface area contributed by atoms with Gasteiger partial charge in [0.2, 0.25) is 0 Å². The Morgan fingerprint density at radius 1 is 0.972 bits per heavy atom. The molecule has 3 aromatic carbocycles. The summed E-state index contributed by atoms with van der Waals surface area (Å²) in [6.07, 6.45) is -0.311. The van der Waals surface area contributed by atoms with Crippen molar-refractivity contribution in [3.8, 4) is 11.1 Å². The number of halogens is 4. The standard InChI is InChI=1S/C30H32F4O2/c1-19(2)26-16-22(18-35)27(17-25-5-3-4-14-36-25)29(21-8-12-24(31)13-9-21)28(26)15-20-6-10-23(11-7-20)30(32,33)34/h6-13,16,19,25,35H,3-5,14-15,17-18H2,1-2H3. The van der Waals surface area contributed by atoms with Crippen molar-refractivity contribution in [3.63, 3.8) is 0 Å². The summed E-state index contributed by atoms with van der Waals surface area (Å²) >= 11 is 0. The van der Waals surface area contributed by atoms with Gasteiger partial charge in [-0.1, -0.05) is 44.2 Å². The van der Waals surface area contributed by atoms with E-state index >= 15 is 0 Å². The number of benzene rings is 3. The van der Waals surface area contributed by atoms with Crippen LogP contribution < -0.4 is 0 Å². The van der Waals surface area contributed by atoms with Gasteiger partial charge in [-0.05, 0) is 101 Å². The molecule has 4 rings (SSSR count). The summed E-state index contributed by atoms with van der Waals surface area (Å²) in [6, 6.07) is 13.6. The topological polar surface area (TPSA) is 29.5 Å². The number of hydrogen-bond acceptors (Lipinski definition) is 2. The van der Waals surface area contributed by atoms with Gasteiger partial charge in [0.1, 0.15) is 5.82 Å². The molecule has 192 valence electrons. The molecule has 0 bridgehead atoms. The molecule has 36 heavy (non-hydrogen) atoms. The second-order valence-electron chi connectivity index (χ2n) is 9.84. The second-order valence-corrected chi connectivity index (χ2v) is 9.84. The first-order valence-corrected chi connectivity index (χ1v) is 12.5. The summed E-state index contributed by atoms with van der Waals surface area (Å²) in [5, 5.41) is 10.3. The maximum Gasteiger partial charge on any atom is 0.416 e. The molecular formula is C30H32F4O2. The van der Waals surface area contributed by atoms with Crippen LogP contribution in [0.15, 0.2) is 54.6 Å². The zero-order valence-corrected chi connectivity index (χ0v) is 20.7. The minimum Gasteiger partial charge on any atom is -0.392 e. The number of aliphatic hydroxyl groups excluding tert-OH is 1. The van der Waals surface area contributed by atoms with E-state index < -0.39 is 11.7 Å². The average molecular weight is 501 g/mol. The second kappa shape index (κ2) is 11.1. The summed E-state index contributed by atoms with van der Waals surface area (Å²) in [6.45, 7) is 4.68. The third-order valence-corrected chi connectivity index (χ3v) is 6.96. The third kappa shape index (κ3) is 5.98. The molecule has 0 radical (unpaired) electrons. The molecule has 3 aromatic rings. The number of ether oxygens (including phenoxy) is 1. The van der Waals surface area contributed by atoms with E-state index in [-0.39, 0.29) is 24.4 Å². The van der Waals surface area contributed by atoms with Crippen molar-refractivity contribution in [1.82, 2.24) is 0 Å². The predicted octanol–water partition coefficient (Wildman–Crippen LogP) is 7.83. The minimum absolute atomic E-state index is 0.0204. The zero-order valence-electron chi connectivity index (χ0n) is 20.7. The number of alkyl halides is 3. The summed E-state index contributed by atoms with van der Waals surface area (Å²) in [7, 11) is 0. The Kier molecular flexibility index (Phi) is 8.16. The average Bonchev–Trinajstić information content (AvgIpc) is 2.85. The van der Waals surface area contributed by atoms with Gasteiger partial charge >= 0.3 is 6.18 Å². The van der Waals surface area contributed by atoms with E-state index in [4.69, 9.17) is 4.74 Å². The van der Waals surface area contributed by atoms with Crippen molar-refractivity contribution >= 4 is 0 Å². The normalized spacial score (nSPS) is 16.5. The van der Waals surface area contributed by atoms with E-state index in [0.29, 0.717) is 19.4 Å². The summed E-state index contributed by atoms with van der Waals surface area (Å²) in [5.74, 6) is -0.235. The molecular weight excluding hydrogens is 468 g/mol. The van der Waals surface area contributed by atoms with Crippen LogP contribution in [0.5, 0.6) is 0 Å². The third-order valence-electron chi connectivity index (χ3n) is 6.96. The highest BCUT2D eigenvalue weighted by atomic mass is 19.4. The van der Waals surface area contributed by atoms with Crippen molar-refractivity contribution in [2.75, 3.05) is 6.61 Å². The van der Waals surface area contributed by atoms with Crippen molar-refractivity contribution in [2.45, 2.75) is 70.8 Å². The van der Waals surface area contributed by atoms with Crippen LogP contribution in [0.3, 0.4) is 0 Å². The largest absolute Gasteiger partial charge is 0.416 e. The molecule has 1 N–H and O–H groups in total. The lowest BCUT2D eigenvalue weighted by Crippen LogP contribution is -2.23. The van der Waals surface area contributed by atoms with E-state index in [1.54, 1.807) is 12.1 Å². The van der Waals surface area contributed by atoms with Gasteiger partial charge in [-0.2, -0.15) is 13.2 Å². The first-order chi connectivity index (χ1) is 17.2. The maximum absolute atomic E-state index is 13.9. The Bertz CT molecular complexity index is 1160. The lowest BCUT2D eigenvalue weighted by atomic mass is 9.80. The molecule has 1 aliphatic rings. The molecule has 1 atom stereocenters. The van der Waals surface area contributed by atoms with E-state index in [1.807, 2.05) is 6.07 Å². The van der Waals surface area contributed by atoms with Gasteiger partial charge in [0.25, 0.3) is 0 Å². The lowest BCUT2D eigenvalue weighted by molar-refractivity contribution is -0.137. The number of aliphatic hydroxyl groups is 1. The number of hydrogen-bond donors (Lipinski definition) is 1. The van der Waals surface area contributed by atoms with Crippen LogP contribution in [0, 0.1) is 5.82 Å². The van der Waals surface area contributed by atoms with Crippen LogP contribution in [-0.2, 0) is 30.4 Å². The summed E-state index contributed by atoms with van der Waals surface area (Å²) in [4.78, 5) is 0. The van der Waals surface area contributed by atoms with Crippen molar-refractivity contribution in [2.24, 2.45) is 0 Å². The van der Waals surface area contributed by atoms with Crippen molar-refractivity contribution in [1.29, 1.82) is 0 Å². The molecule has 0 aromatic heterocycles. The van der Waals surface area contributed by atoms with Gasteiger partial charge in [-0.15, -0.1) is 0 Å². The van der Waals surface area contributed by atoms with Crippen LogP contribution in [0.2, 0.25) is 0 Å². The molecule has 0 aliphatic carbocycles. The molecule has 0 saturated carbocycles. The summed E-state index contributed by atoms with van der Waals surface area (Å²) in [5.41, 5.74) is 5.59. The van der Waals surface area contributed by atoms with Gasteiger partial charge in [0, 0.05) is 6.61 Å². The van der Waals surface area contributed by atoms with Crippen molar-refractivity contribution in [3.05, 3.63) is 93.8 Å².